The molecule has 0 aliphatic carbocycles. The summed E-state index contributed by atoms with van der Waals surface area (Å²) in [5, 5.41) is 0. The minimum Gasteiger partial charge on any atom is -0.465 e. The zero-order valence-electron chi connectivity index (χ0n) is 11.2. The Morgan fingerprint density at radius 3 is 2.32 bits per heavy atom. The molecule has 0 amide bonds. The van der Waals surface area contributed by atoms with E-state index in [9.17, 15) is 9.18 Å². The van der Waals surface area contributed by atoms with Crippen LogP contribution >= 0.6 is 0 Å². The molecule has 0 N–H and O–H groups in total. The highest BCUT2D eigenvalue weighted by molar-refractivity contribution is 5.97. The monoisotopic (exact) mass is 258 g/mol. The number of benzene rings is 2. The van der Waals surface area contributed by atoms with Gasteiger partial charge in [-0.2, -0.15) is 0 Å². The molecule has 0 heterocycles. The van der Waals surface area contributed by atoms with Gasteiger partial charge in [0.2, 0.25) is 0 Å². The third-order valence-electron chi connectivity index (χ3n) is 2.99. The van der Waals surface area contributed by atoms with Gasteiger partial charge in [-0.1, -0.05) is 29.3 Å². The molecule has 0 fully saturated rings. The molecule has 0 aliphatic rings. The first-order valence-corrected chi connectivity index (χ1v) is 5.98. The second-order valence-corrected chi connectivity index (χ2v) is 4.52. The predicted octanol–water partition coefficient (Wildman–Crippen LogP) is 3.90. The maximum absolute atomic E-state index is 14.0. The highest BCUT2D eigenvalue weighted by atomic mass is 19.1. The summed E-state index contributed by atoms with van der Waals surface area (Å²) in [4.78, 5) is 11.8. The van der Waals surface area contributed by atoms with E-state index in [1.807, 2.05) is 19.9 Å². The van der Waals surface area contributed by atoms with Gasteiger partial charge >= 0.3 is 5.97 Å². The summed E-state index contributed by atoms with van der Waals surface area (Å²) in [5.74, 6) is -0.806. The summed E-state index contributed by atoms with van der Waals surface area (Å²) in [6.07, 6.45) is 0. The molecule has 0 radical (unpaired) electrons. The molecular formula is C16H15FO2. The van der Waals surface area contributed by atoms with E-state index in [1.54, 1.807) is 24.3 Å². The van der Waals surface area contributed by atoms with E-state index in [2.05, 4.69) is 0 Å². The quantitative estimate of drug-likeness (QED) is 0.764. The van der Waals surface area contributed by atoms with Crippen LogP contribution in [0.2, 0.25) is 0 Å². The number of carbonyl (C=O) groups is 1. The SMILES string of the molecule is COC(=O)c1cc(C)ccc1-c1cc(C)ccc1F. The fraction of sp³-hybridized carbons (Fsp3) is 0.188. The van der Waals surface area contributed by atoms with Gasteiger partial charge in [-0.05, 0) is 37.6 Å². The Morgan fingerprint density at radius 2 is 1.63 bits per heavy atom. The van der Waals surface area contributed by atoms with E-state index >= 15 is 0 Å². The summed E-state index contributed by atoms with van der Waals surface area (Å²) in [6.45, 7) is 3.76. The zero-order valence-corrected chi connectivity index (χ0v) is 11.2. The second kappa shape index (κ2) is 5.22. The first kappa shape index (κ1) is 13.3. The van der Waals surface area contributed by atoms with E-state index in [4.69, 9.17) is 4.74 Å². The average Bonchev–Trinajstić information content (AvgIpc) is 2.41. The highest BCUT2D eigenvalue weighted by Gasteiger charge is 2.16. The molecule has 0 spiro atoms. The van der Waals surface area contributed by atoms with Crippen molar-refractivity contribution in [2.24, 2.45) is 0 Å². The molecular weight excluding hydrogens is 243 g/mol. The number of esters is 1. The fourth-order valence-corrected chi connectivity index (χ4v) is 2.02. The number of hydrogen-bond acceptors (Lipinski definition) is 2. The number of ether oxygens (including phenoxy) is 1. The lowest BCUT2D eigenvalue weighted by atomic mass is 9.96. The molecule has 2 rings (SSSR count). The lowest BCUT2D eigenvalue weighted by Gasteiger charge is -2.11. The number of halogens is 1. The first-order chi connectivity index (χ1) is 9.02. The lowest BCUT2D eigenvalue weighted by Crippen LogP contribution is -2.04. The number of rotatable bonds is 2. The van der Waals surface area contributed by atoms with Crippen LogP contribution in [-0.2, 0) is 4.74 Å². The van der Waals surface area contributed by atoms with Crippen LogP contribution < -0.4 is 0 Å². The van der Waals surface area contributed by atoms with Crippen molar-refractivity contribution in [2.75, 3.05) is 7.11 Å². The molecule has 3 heteroatoms. The highest BCUT2D eigenvalue weighted by Crippen LogP contribution is 2.28. The van der Waals surface area contributed by atoms with Gasteiger partial charge in [0.25, 0.3) is 0 Å². The van der Waals surface area contributed by atoms with Gasteiger partial charge < -0.3 is 4.74 Å². The maximum Gasteiger partial charge on any atom is 0.338 e. The molecule has 0 saturated heterocycles. The average molecular weight is 258 g/mol. The number of carbonyl (C=O) groups excluding carboxylic acids is 1. The smallest absolute Gasteiger partial charge is 0.338 e. The fourth-order valence-electron chi connectivity index (χ4n) is 2.02. The van der Waals surface area contributed by atoms with Gasteiger partial charge in [0, 0.05) is 5.56 Å². The molecule has 2 aromatic carbocycles. The number of hydrogen-bond donors (Lipinski definition) is 0. The zero-order chi connectivity index (χ0) is 14.0. The van der Waals surface area contributed by atoms with Crippen LogP contribution in [0.15, 0.2) is 36.4 Å². The Balaban J connectivity index is 2.68. The number of methoxy groups -OCH3 is 1. The third-order valence-corrected chi connectivity index (χ3v) is 2.99. The van der Waals surface area contributed by atoms with Crippen molar-refractivity contribution in [1.82, 2.24) is 0 Å². The standard InChI is InChI=1S/C16H15FO2/c1-10-4-6-12(14(9-10)16(18)19-3)13-8-11(2)5-7-15(13)17/h4-9H,1-3H3. The van der Waals surface area contributed by atoms with Crippen molar-refractivity contribution in [3.63, 3.8) is 0 Å². The van der Waals surface area contributed by atoms with Crippen molar-refractivity contribution in [1.29, 1.82) is 0 Å². The Bertz CT molecular complexity index is 633. The van der Waals surface area contributed by atoms with E-state index < -0.39 is 5.97 Å². The van der Waals surface area contributed by atoms with Crippen LogP contribution in [0.3, 0.4) is 0 Å². The van der Waals surface area contributed by atoms with Gasteiger partial charge in [0.05, 0.1) is 12.7 Å². The largest absolute Gasteiger partial charge is 0.465 e. The molecule has 2 aromatic rings. The topological polar surface area (TPSA) is 26.3 Å². The van der Waals surface area contributed by atoms with E-state index in [-0.39, 0.29) is 5.82 Å². The predicted molar refractivity (Wildman–Crippen MR) is 72.6 cm³/mol. The summed E-state index contributed by atoms with van der Waals surface area (Å²) >= 11 is 0. The van der Waals surface area contributed by atoms with Crippen molar-refractivity contribution >= 4 is 5.97 Å². The molecule has 0 bridgehead atoms. The number of aryl methyl sites for hydroxylation is 2. The Kier molecular flexibility index (Phi) is 3.65. The van der Waals surface area contributed by atoms with Crippen LogP contribution in [0.25, 0.3) is 11.1 Å². The molecule has 19 heavy (non-hydrogen) atoms. The minimum atomic E-state index is -0.459. The summed E-state index contributed by atoms with van der Waals surface area (Å²) < 4.78 is 18.7. The first-order valence-electron chi connectivity index (χ1n) is 5.98. The Labute approximate surface area is 111 Å². The molecule has 98 valence electrons. The normalized spacial score (nSPS) is 10.3. The second-order valence-electron chi connectivity index (χ2n) is 4.52. The maximum atomic E-state index is 14.0. The summed E-state index contributed by atoms with van der Waals surface area (Å²) in [7, 11) is 1.32. The van der Waals surface area contributed by atoms with Crippen LogP contribution in [0.4, 0.5) is 4.39 Å². The van der Waals surface area contributed by atoms with Gasteiger partial charge in [0.1, 0.15) is 5.82 Å². The Hall–Kier alpha value is -2.16. The Morgan fingerprint density at radius 1 is 1.00 bits per heavy atom. The van der Waals surface area contributed by atoms with Gasteiger partial charge in [0.15, 0.2) is 0 Å². The molecule has 0 saturated carbocycles. The molecule has 0 aromatic heterocycles. The van der Waals surface area contributed by atoms with Gasteiger partial charge in [-0.3, -0.25) is 0 Å². The van der Waals surface area contributed by atoms with E-state index in [0.29, 0.717) is 16.7 Å². The van der Waals surface area contributed by atoms with Crippen LogP contribution in [0.1, 0.15) is 21.5 Å². The van der Waals surface area contributed by atoms with Crippen molar-refractivity contribution in [3.05, 3.63) is 58.9 Å². The van der Waals surface area contributed by atoms with Gasteiger partial charge in [-0.15, -0.1) is 0 Å². The molecule has 0 atom stereocenters. The molecule has 0 unspecified atom stereocenters. The van der Waals surface area contributed by atoms with Gasteiger partial charge in [-0.25, -0.2) is 9.18 Å². The lowest BCUT2D eigenvalue weighted by molar-refractivity contribution is 0.0601. The minimum absolute atomic E-state index is 0.348. The summed E-state index contributed by atoms with van der Waals surface area (Å²) in [6, 6.07) is 10.1. The van der Waals surface area contributed by atoms with Crippen molar-refractivity contribution in [2.45, 2.75) is 13.8 Å². The summed E-state index contributed by atoms with van der Waals surface area (Å²) in [5.41, 5.74) is 3.22. The van der Waals surface area contributed by atoms with E-state index in [0.717, 1.165) is 11.1 Å². The van der Waals surface area contributed by atoms with Crippen LogP contribution in [0.5, 0.6) is 0 Å². The van der Waals surface area contributed by atoms with Crippen molar-refractivity contribution < 1.29 is 13.9 Å². The molecule has 0 aliphatic heterocycles. The van der Waals surface area contributed by atoms with Crippen LogP contribution in [0, 0.1) is 19.7 Å². The van der Waals surface area contributed by atoms with Crippen LogP contribution in [-0.4, -0.2) is 13.1 Å². The van der Waals surface area contributed by atoms with Crippen molar-refractivity contribution in [3.8, 4) is 11.1 Å². The third kappa shape index (κ3) is 2.65. The van der Waals surface area contributed by atoms with E-state index in [1.165, 1.54) is 13.2 Å². The molecule has 2 nitrogen and oxygen atoms in total.